The lowest BCUT2D eigenvalue weighted by Crippen LogP contribution is -2.56. The number of aliphatic hydroxyl groups is 2. The monoisotopic (exact) mass is 342 g/mol. The number of fused-ring (bicyclic) bond motifs is 4. The highest BCUT2D eigenvalue weighted by atomic mass is 16.3. The van der Waals surface area contributed by atoms with Crippen molar-refractivity contribution < 1.29 is 30.0 Å². The fourth-order valence-corrected chi connectivity index (χ4v) is 4.55. The van der Waals surface area contributed by atoms with Crippen molar-refractivity contribution in [3.05, 3.63) is 35.4 Å². The molecule has 6 heteroatoms. The van der Waals surface area contributed by atoms with Crippen LogP contribution < -0.4 is 0 Å². The van der Waals surface area contributed by atoms with E-state index in [-0.39, 0.29) is 53.1 Å². The number of hydrogen-bond acceptors (Lipinski definition) is 6. The zero-order valence-electron chi connectivity index (χ0n) is 13.6. The van der Waals surface area contributed by atoms with E-state index < -0.39 is 22.9 Å². The highest BCUT2D eigenvalue weighted by Crippen LogP contribution is 2.52. The molecule has 2 aliphatic rings. The van der Waals surface area contributed by atoms with Crippen LogP contribution in [0, 0.1) is 0 Å². The van der Waals surface area contributed by atoms with Gasteiger partial charge in [-0.05, 0) is 30.0 Å². The van der Waals surface area contributed by atoms with Crippen molar-refractivity contribution in [3.8, 4) is 11.5 Å². The normalized spacial score (nSPS) is 31.7. The lowest BCUT2D eigenvalue weighted by Gasteiger charge is -2.47. The Labute approximate surface area is 143 Å². The number of carbonyl (C=O) groups excluding carboxylic acids is 2. The number of aromatic hydroxyl groups is 2. The Morgan fingerprint density at radius 1 is 1.12 bits per heavy atom. The zero-order valence-corrected chi connectivity index (χ0v) is 13.6. The van der Waals surface area contributed by atoms with Crippen LogP contribution in [0.2, 0.25) is 0 Å². The first-order chi connectivity index (χ1) is 11.6. The Kier molecular flexibility index (Phi) is 3.08. The van der Waals surface area contributed by atoms with Crippen molar-refractivity contribution in [1.29, 1.82) is 0 Å². The van der Waals surface area contributed by atoms with Crippen LogP contribution in [-0.2, 0) is 4.79 Å². The van der Waals surface area contributed by atoms with Gasteiger partial charge in [0.05, 0.1) is 28.1 Å². The van der Waals surface area contributed by atoms with E-state index >= 15 is 0 Å². The second-order valence-corrected chi connectivity index (χ2v) is 7.52. The van der Waals surface area contributed by atoms with Crippen LogP contribution >= 0.6 is 0 Å². The number of phenols is 2. The molecule has 0 spiro atoms. The maximum atomic E-state index is 12.7. The molecule has 0 bridgehead atoms. The molecule has 4 N–H and O–H groups in total. The van der Waals surface area contributed by atoms with Gasteiger partial charge < -0.3 is 20.4 Å². The number of phenolic OH excluding ortho intramolecular Hbond substituents is 2. The third kappa shape index (κ3) is 2.18. The summed E-state index contributed by atoms with van der Waals surface area (Å²) in [6.07, 6.45) is -0.591. The summed E-state index contributed by atoms with van der Waals surface area (Å²) < 4.78 is 0. The molecule has 2 aliphatic carbocycles. The Morgan fingerprint density at radius 3 is 2.56 bits per heavy atom. The molecular formula is C19H18O6. The van der Waals surface area contributed by atoms with Gasteiger partial charge in [-0.25, -0.2) is 0 Å². The Morgan fingerprint density at radius 2 is 1.84 bits per heavy atom. The van der Waals surface area contributed by atoms with Crippen molar-refractivity contribution in [2.24, 2.45) is 0 Å². The molecule has 0 aromatic heterocycles. The van der Waals surface area contributed by atoms with Crippen molar-refractivity contribution >= 4 is 22.3 Å². The Hall–Kier alpha value is -2.44. The fourth-order valence-electron chi connectivity index (χ4n) is 4.55. The minimum absolute atomic E-state index is 0.0291. The highest BCUT2D eigenvalue weighted by Gasteiger charge is 2.56. The molecule has 0 saturated heterocycles. The van der Waals surface area contributed by atoms with Crippen LogP contribution in [0.4, 0.5) is 0 Å². The second-order valence-electron chi connectivity index (χ2n) is 7.52. The number of rotatable bonds is 0. The molecule has 0 aliphatic heterocycles. The van der Waals surface area contributed by atoms with Gasteiger partial charge in [0.1, 0.15) is 17.3 Å². The molecule has 6 nitrogen and oxygen atoms in total. The van der Waals surface area contributed by atoms with Crippen molar-refractivity contribution in [3.63, 3.8) is 0 Å². The molecule has 25 heavy (non-hydrogen) atoms. The van der Waals surface area contributed by atoms with Gasteiger partial charge in [-0.3, -0.25) is 9.59 Å². The highest BCUT2D eigenvalue weighted by molar-refractivity contribution is 6.11. The van der Waals surface area contributed by atoms with E-state index in [1.165, 1.54) is 13.0 Å². The Bertz CT molecular complexity index is 945. The number of ketones is 2. The number of Topliss-reactive ketones (excluding diaryl/α,β-unsaturated/α-hetero) is 2. The first-order valence-corrected chi connectivity index (χ1v) is 8.11. The van der Waals surface area contributed by atoms with Gasteiger partial charge in [-0.15, -0.1) is 0 Å². The average Bonchev–Trinajstić information content (AvgIpc) is 2.43. The van der Waals surface area contributed by atoms with E-state index in [2.05, 4.69) is 0 Å². The summed E-state index contributed by atoms with van der Waals surface area (Å²) in [5, 5.41) is 42.5. The van der Waals surface area contributed by atoms with E-state index in [0.717, 1.165) is 0 Å². The van der Waals surface area contributed by atoms with Gasteiger partial charge in [0.25, 0.3) is 0 Å². The fraction of sp³-hybridized carbons (Fsp3) is 0.368. The van der Waals surface area contributed by atoms with Crippen molar-refractivity contribution in [2.75, 3.05) is 0 Å². The van der Waals surface area contributed by atoms with Crippen molar-refractivity contribution in [2.45, 2.75) is 43.3 Å². The minimum atomic E-state index is -1.68. The largest absolute Gasteiger partial charge is 0.507 e. The first kappa shape index (κ1) is 16.1. The molecule has 0 heterocycles. The third-order valence-electron chi connectivity index (χ3n) is 5.31. The quantitative estimate of drug-likeness (QED) is 0.580. The maximum Gasteiger partial charge on any atom is 0.169 e. The van der Waals surface area contributed by atoms with Gasteiger partial charge in [0, 0.05) is 19.3 Å². The molecule has 2 aromatic rings. The lowest BCUT2D eigenvalue weighted by atomic mass is 9.60. The molecular weight excluding hydrogens is 324 g/mol. The minimum Gasteiger partial charge on any atom is -0.507 e. The SMILES string of the molecule is C[C@]1(O)CC(=O)C2c3cc4cccc(O)c4c(O)c3C(=O)C[C@]2(O)C1. The third-order valence-corrected chi connectivity index (χ3v) is 5.31. The molecule has 3 atom stereocenters. The van der Waals surface area contributed by atoms with Gasteiger partial charge in [-0.1, -0.05) is 12.1 Å². The summed E-state index contributed by atoms with van der Waals surface area (Å²) >= 11 is 0. The summed E-state index contributed by atoms with van der Waals surface area (Å²) in [6, 6.07) is 6.21. The summed E-state index contributed by atoms with van der Waals surface area (Å²) in [5.41, 5.74) is -2.83. The van der Waals surface area contributed by atoms with Crippen LogP contribution in [0.3, 0.4) is 0 Å². The van der Waals surface area contributed by atoms with Crippen molar-refractivity contribution in [1.82, 2.24) is 0 Å². The smallest absolute Gasteiger partial charge is 0.169 e. The lowest BCUT2D eigenvalue weighted by molar-refractivity contribution is -0.149. The van der Waals surface area contributed by atoms with E-state index in [1.54, 1.807) is 18.2 Å². The summed E-state index contributed by atoms with van der Waals surface area (Å²) in [5.74, 6) is -2.40. The van der Waals surface area contributed by atoms with E-state index in [9.17, 15) is 30.0 Å². The topological polar surface area (TPSA) is 115 Å². The van der Waals surface area contributed by atoms with Crippen LogP contribution in [0.15, 0.2) is 24.3 Å². The van der Waals surface area contributed by atoms with Gasteiger partial charge in [0.2, 0.25) is 0 Å². The summed E-state index contributed by atoms with van der Waals surface area (Å²) in [4.78, 5) is 25.3. The predicted molar refractivity (Wildman–Crippen MR) is 88.8 cm³/mol. The zero-order chi connectivity index (χ0) is 18.1. The van der Waals surface area contributed by atoms with E-state index in [0.29, 0.717) is 5.39 Å². The maximum absolute atomic E-state index is 12.7. The molecule has 1 saturated carbocycles. The molecule has 1 fully saturated rings. The molecule has 130 valence electrons. The number of carbonyl (C=O) groups is 2. The van der Waals surface area contributed by atoms with Gasteiger partial charge >= 0.3 is 0 Å². The molecule has 0 amide bonds. The predicted octanol–water partition coefficient (Wildman–Crippen LogP) is 1.77. The van der Waals surface area contributed by atoms with Gasteiger partial charge in [-0.2, -0.15) is 0 Å². The Balaban J connectivity index is 2.03. The molecule has 1 unspecified atom stereocenters. The summed E-state index contributed by atoms with van der Waals surface area (Å²) in [6.45, 7) is 1.47. The average molecular weight is 342 g/mol. The standard InChI is InChI=1S/C19H18O6/c1-18(24)6-13(22)16-10-5-9-3-2-4-11(20)14(9)17(23)15(10)12(21)7-19(16,25)8-18/h2-5,16,20,23-25H,6-8H2,1H3/t16?,18-,19-/m0/s1. The van der Waals surface area contributed by atoms with Crippen LogP contribution in [0.1, 0.15) is 48.0 Å². The first-order valence-electron chi connectivity index (χ1n) is 8.11. The van der Waals surface area contributed by atoms with E-state index in [1.807, 2.05) is 0 Å². The molecule has 0 radical (unpaired) electrons. The second kappa shape index (κ2) is 4.80. The van der Waals surface area contributed by atoms with E-state index in [4.69, 9.17) is 0 Å². The van der Waals surface area contributed by atoms with Crippen LogP contribution in [0.25, 0.3) is 10.8 Å². The number of hydrogen-bond donors (Lipinski definition) is 4. The molecule has 2 aromatic carbocycles. The summed E-state index contributed by atoms with van der Waals surface area (Å²) in [7, 11) is 0. The van der Waals surface area contributed by atoms with Crippen LogP contribution in [-0.4, -0.2) is 43.2 Å². The van der Waals surface area contributed by atoms with Crippen LogP contribution in [0.5, 0.6) is 11.5 Å². The number of benzene rings is 2. The molecule has 4 rings (SSSR count). The van der Waals surface area contributed by atoms with Gasteiger partial charge in [0.15, 0.2) is 5.78 Å².